The predicted octanol–water partition coefficient (Wildman–Crippen LogP) is 2.74. The molecule has 7 heteroatoms. The summed E-state index contributed by atoms with van der Waals surface area (Å²) in [5, 5.41) is 5.93. The van der Waals surface area contributed by atoms with E-state index in [-0.39, 0.29) is 23.4 Å². The van der Waals surface area contributed by atoms with Crippen molar-refractivity contribution in [3.63, 3.8) is 0 Å². The molecule has 1 spiro atoms. The van der Waals surface area contributed by atoms with E-state index in [1.54, 1.807) is 14.2 Å². The first-order chi connectivity index (χ1) is 15.0. The molecule has 4 rings (SSSR count). The molecule has 164 valence electrons. The minimum absolute atomic E-state index is 0.128. The Morgan fingerprint density at radius 2 is 1.74 bits per heavy atom. The van der Waals surface area contributed by atoms with Gasteiger partial charge in [-0.2, -0.15) is 0 Å². The summed E-state index contributed by atoms with van der Waals surface area (Å²) >= 11 is 0. The van der Waals surface area contributed by atoms with Crippen LogP contribution in [-0.2, 0) is 17.8 Å². The zero-order chi connectivity index (χ0) is 21.8. The number of likely N-dealkylation sites (tertiary alicyclic amines) is 1. The zero-order valence-corrected chi connectivity index (χ0v) is 18.0. The summed E-state index contributed by atoms with van der Waals surface area (Å²) in [5.41, 5.74) is 2.10. The van der Waals surface area contributed by atoms with Crippen molar-refractivity contribution in [3.05, 3.63) is 59.7 Å². The summed E-state index contributed by atoms with van der Waals surface area (Å²) in [5.74, 6) is 1.67. The third-order valence-corrected chi connectivity index (χ3v) is 6.25. The van der Waals surface area contributed by atoms with E-state index in [2.05, 4.69) is 10.6 Å². The molecule has 2 fully saturated rings. The van der Waals surface area contributed by atoms with Gasteiger partial charge in [-0.05, 0) is 36.6 Å². The van der Waals surface area contributed by atoms with E-state index in [1.165, 1.54) is 0 Å². The largest absolute Gasteiger partial charge is 0.497 e. The molecule has 0 unspecified atom stereocenters. The average Bonchev–Trinajstić information content (AvgIpc) is 2.73. The van der Waals surface area contributed by atoms with Crippen molar-refractivity contribution in [1.29, 1.82) is 0 Å². The van der Waals surface area contributed by atoms with Crippen LogP contribution in [0.2, 0.25) is 0 Å². The third kappa shape index (κ3) is 4.76. The first kappa shape index (κ1) is 21.0. The quantitative estimate of drug-likeness (QED) is 0.718. The van der Waals surface area contributed by atoms with E-state index in [9.17, 15) is 9.59 Å². The van der Waals surface area contributed by atoms with E-state index in [0.717, 1.165) is 48.6 Å². The number of benzene rings is 2. The van der Waals surface area contributed by atoms with Crippen LogP contribution < -0.4 is 20.1 Å². The monoisotopic (exact) mass is 423 g/mol. The Bertz CT molecular complexity index is 930. The van der Waals surface area contributed by atoms with Gasteiger partial charge in [-0.25, -0.2) is 4.79 Å². The highest BCUT2D eigenvalue weighted by Crippen LogP contribution is 2.48. The van der Waals surface area contributed by atoms with Crippen LogP contribution in [0.5, 0.6) is 11.5 Å². The van der Waals surface area contributed by atoms with E-state index in [0.29, 0.717) is 13.0 Å². The van der Waals surface area contributed by atoms with E-state index >= 15 is 0 Å². The zero-order valence-electron chi connectivity index (χ0n) is 18.0. The highest BCUT2D eigenvalue weighted by molar-refractivity contribution is 5.80. The fraction of sp³-hybridized carbons (Fsp3) is 0.417. The van der Waals surface area contributed by atoms with Crippen molar-refractivity contribution in [2.24, 2.45) is 5.41 Å². The Morgan fingerprint density at radius 3 is 2.42 bits per heavy atom. The van der Waals surface area contributed by atoms with Crippen LogP contribution in [0.4, 0.5) is 4.79 Å². The summed E-state index contributed by atoms with van der Waals surface area (Å²) in [6, 6.07) is 15.3. The first-order valence-corrected chi connectivity index (χ1v) is 10.6. The Labute approximate surface area is 182 Å². The summed E-state index contributed by atoms with van der Waals surface area (Å²) in [4.78, 5) is 26.7. The molecule has 1 saturated carbocycles. The van der Waals surface area contributed by atoms with E-state index in [1.807, 2.05) is 53.4 Å². The molecular weight excluding hydrogens is 394 g/mol. The number of hydrogen-bond donors (Lipinski definition) is 2. The van der Waals surface area contributed by atoms with Crippen LogP contribution in [0, 0.1) is 5.41 Å². The molecule has 2 N–H and O–H groups in total. The predicted molar refractivity (Wildman–Crippen MR) is 117 cm³/mol. The maximum Gasteiger partial charge on any atom is 0.315 e. The maximum atomic E-state index is 12.6. The lowest BCUT2D eigenvalue weighted by Gasteiger charge is -2.59. The van der Waals surface area contributed by atoms with E-state index < -0.39 is 0 Å². The van der Waals surface area contributed by atoms with Gasteiger partial charge in [-0.15, -0.1) is 0 Å². The second-order valence-corrected chi connectivity index (χ2v) is 8.52. The van der Waals surface area contributed by atoms with Crippen molar-refractivity contribution >= 4 is 11.9 Å². The lowest BCUT2D eigenvalue weighted by molar-refractivity contribution is -0.151. The number of rotatable bonds is 7. The summed E-state index contributed by atoms with van der Waals surface area (Å²) in [6.45, 7) is 2.01. The van der Waals surface area contributed by atoms with Gasteiger partial charge in [0.15, 0.2) is 0 Å². The molecule has 0 atom stereocenters. The Morgan fingerprint density at radius 1 is 1.03 bits per heavy atom. The number of carbonyl (C=O) groups is 2. The molecule has 2 aromatic carbocycles. The number of para-hydroxylation sites is 1. The second-order valence-electron chi connectivity index (χ2n) is 8.52. The molecule has 31 heavy (non-hydrogen) atoms. The number of ether oxygens (including phenoxy) is 2. The molecule has 7 nitrogen and oxygen atoms in total. The molecule has 1 aliphatic heterocycles. The minimum atomic E-state index is -0.154. The van der Waals surface area contributed by atoms with Gasteiger partial charge >= 0.3 is 6.03 Å². The standard InChI is InChI=1S/C24H29N3O4/c1-30-20-9-7-17(8-10-20)14-25-23(29)26-19-12-24(13-19)15-27(16-24)22(28)11-18-5-3-4-6-21(18)31-2/h3-10,19H,11-16H2,1-2H3,(H2,25,26,29). The van der Waals surface area contributed by atoms with Crippen LogP contribution in [0.15, 0.2) is 48.5 Å². The lowest BCUT2D eigenvalue weighted by atomic mass is 9.60. The molecule has 1 aliphatic carbocycles. The number of methoxy groups -OCH3 is 2. The van der Waals surface area contributed by atoms with Gasteiger partial charge in [-0.3, -0.25) is 4.79 Å². The summed E-state index contributed by atoms with van der Waals surface area (Å²) in [7, 11) is 3.25. The number of amides is 3. The van der Waals surface area contributed by atoms with Gasteiger partial charge in [0.05, 0.1) is 20.6 Å². The topological polar surface area (TPSA) is 79.9 Å². The van der Waals surface area contributed by atoms with Crippen molar-refractivity contribution in [3.8, 4) is 11.5 Å². The third-order valence-electron chi connectivity index (χ3n) is 6.25. The molecule has 2 aliphatic rings. The minimum Gasteiger partial charge on any atom is -0.497 e. The normalized spacial score (nSPS) is 16.8. The van der Waals surface area contributed by atoms with Crippen molar-refractivity contribution < 1.29 is 19.1 Å². The van der Waals surface area contributed by atoms with Gasteiger partial charge in [-0.1, -0.05) is 30.3 Å². The van der Waals surface area contributed by atoms with Gasteiger partial charge < -0.3 is 25.0 Å². The van der Waals surface area contributed by atoms with Gasteiger partial charge in [0.2, 0.25) is 5.91 Å². The number of carbonyl (C=O) groups excluding carboxylic acids is 2. The van der Waals surface area contributed by atoms with Crippen molar-refractivity contribution in [1.82, 2.24) is 15.5 Å². The molecule has 2 aromatic rings. The van der Waals surface area contributed by atoms with Crippen LogP contribution >= 0.6 is 0 Å². The Balaban J connectivity index is 1.16. The van der Waals surface area contributed by atoms with E-state index in [4.69, 9.17) is 9.47 Å². The molecule has 0 aromatic heterocycles. The van der Waals surface area contributed by atoms with Gasteiger partial charge in [0.1, 0.15) is 11.5 Å². The molecule has 1 heterocycles. The SMILES string of the molecule is COc1ccc(CNC(=O)NC2CC3(C2)CN(C(=O)Cc2ccccc2OC)C3)cc1. The number of nitrogens with zero attached hydrogens (tertiary/aromatic N) is 1. The number of nitrogens with one attached hydrogen (secondary N) is 2. The lowest BCUT2D eigenvalue weighted by Crippen LogP contribution is -2.68. The fourth-order valence-corrected chi connectivity index (χ4v) is 4.57. The number of hydrogen-bond acceptors (Lipinski definition) is 4. The molecule has 1 saturated heterocycles. The summed E-state index contributed by atoms with van der Waals surface area (Å²) in [6.07, 6.45) is 2.19. The second kappa shape index (κ2) is 8.88. The molecule has 3 amide bonds. The maximum absolute atomic E-state index is 12.6. The fourth-order valence-electron chi connectivity index (χ4n) is 4.57. The average molecular weight is 424 g/mol. The van der Waals surface area contributed by atoms with Gasteiger partial charge in [0.25, 0.3) is 0 Å². The van der Waals surface area contributed by atoms with Crippen molar-refractivity contribution in [2.75, 3.05) is 27.3 Å². The van der Waals surface area contributed by atoms with Crippen molar-refractivity contribution in [2.45, 2.75) is 31.8 Å². The highest BCUT2D eigenvalue weighted by atomic mass is 16.5. The Kier molecular flexibility index (Phi) is 6.02. The molecule has 0 bridgehead atoms. The molecular formula is C24H29N3O4. The summed E-state index contributed by atoms with van der Waals surface area (Å²) < 4.78 is 10.5. The first-order valence-electron chi connectivity index (χ1n) is 10.6. The van der Waals surface area contributed by atoms with Crippen LogP contribution in [-0.4, -0.2) is 50.2 Å². The van der Waals surface area contributed by atoms with Gasteiger partial charge in [0, 0.05) is 36.7 Å². The number of urea groups is 1. The van der Waals surface area contributed by atoms with Crippen LogP contribution in [0.1, 0.15) is 24.0 Å². The smallest absolute Gasteiger partial charge is 0.315 e. The molecule has 0 radical (unpaired) electrons. The van der Waals surface area contributed by atoms with Crippen LogP contribution in [0.25, 0.3) is 0 Å². The Hall–Kier alpha value is -3.22. The highest BCUT2D eigenvalue weighted by Gasteiger charge is 2.53. The van der Waals surface area contributed by atoms with Crippen LogP contribution in [0.3, 0.4) is 0 Å².